The van der Waals surface area contributed by atoms with E-state index in [4.69, 9.17) is 4.74 Å². The van der Waals surface area contributed by atoms with Crippen molar-refractivity contribution in [3.05, 3.63) is 82.8 Å². The van der Waals surface area contributed by atoms with Gasteiger partial charge >= 0.3 is 0 Å². The Morgan fingerprint density at radius 2 is 1.49 bits per heavy atom. The van der Waals surface area contributed by atoms with Crippen LogP contribution >= 0.6 is 11.3 Å². The third-order valence-electron chi connectivity index (χ3n) is 20.1. The normalized spacial score (nSPS) is 22.2. The molecule has 518 valence electrons. The molecule has 23 nitrogen and oxygen atoms in total. The average molecular weight is 1340 g/mol. The highest BCUT2D eigenvalue weighted by molar-refractivity contribution is 7.13. The van der Waals surface area contributed by atoms with Crippen molar-refractivity contribution in [2.45, 2.75) is 149 Å². The Bertz CT molecular complexity index is 3330. The van der Waals surface area contributed by atoms with Crippen molar-refractivity contribution in [3.63, 3.8) is 0 Å². The minimum absolute atomic E-state index is 0.00155. The van der Waals surface area contributed by atoms with Crippen molar-refractivity contribution in [1.29, 1.82) is 0 Å². The van der Waals surface area contributed by atoms with Gasteiger partial charge in [-0.3, -0.25) is 38.6 Å². The number of halogens is 2. The fourth-order valence-electron chi connectivity index (χ4n) is 14.3. The number of aryl methyl sites for hydroxylation is 1. The van der Waals surface area contributed by atoms with Crippen molar-refractivity contribution < 1.29 is 47.4 Å². The van der Waals surface area contributed by atoms with E-state index >= 15 is 8.78 Å². The molecule has 0 radical (unpaired) electrons. The summed E-state index contributed by atoms with van der Waals surface area (Å²) in [6.07, 6.45) is 6.45. The van der Waals surface area contributed by atoms with Crippen LogP contribution in [-0.4, -0.2) is 217 Å². The molecule has 95 heavy (non-hydrogen) atoms. The number of amides is 6. The van der Waals surface area contributed by atoms with Gasteiger partial charge in [0.25, 0.3) is 0 Å². The van der Waals surface area contributed by atoms with E-state index in [-0.39, 0.29) is 79.2 Å². The standard InChI is InChI=1S/C69H99F2N15O8S/c1-46(48-9-11-49(12-10-48)62-47(2)77-45-95-62)78-64(92)55-34-51(87)38-86(55)65(93)63(66(3,4)5)79-59(89)14-13-58(88)74-23-31-94-32-30-82-26-17-68(41-82)18-27-83(42-68)39-60(90)73-22-8-21-72-56-36-57(76-44-75-56)84-28-19-69(20-29-84)43-85(40-61(91)80-69)54-35-52(70)50(33-53(54)71)37-81-24-15-67(6,7)16-25-81/h9-12,33,35-36,44-46,51,55,63,87H,8,13-32,34,37-43H2,1-7H3,(H,73,90)(H,74,88)(H,78,92)(H,79,89)(H,80,91)(H,72,75,76)/t46-,51+,55-,63+,68+/m0/s1. The lowest BCUT2D eigenvalue weighted by Gasteiger charge is -2.48. The smallest absolute Gasteiger partial charge is 0.246 e. The number of piperidine rings is 2. The minimum Gasteiger partial charge on any atom is -0.391 e. The van der Waals surface area contributed by atoms with Crippen LogP contribution in [0.2, 0.25) is 0 Å². The van der Waals surface area contributed by atoms with Crippen LogP contribution in [0.5, 0.6) is 0 Å². The summed E-state index contributed by atoms with van der Waals surface area (Å²) in [7, 11) is 0. The van der Waals surface area contributed by atoms with Gasteiger partial charge in [-0.1, -0.05) is 58.9 Å². The Balaban J connectivity index is 0.563. The number of carbonyl (C=O) groups is 6. The fraction of sp³-hybridized carbons (Fsp3) is 0.638. The van der Waals surface area contributed by atoms with Gasteiger partial charge in [0.2, 0.25) is 35.4 Å². The summed E-state index contributed by atoms with van der Waals surface area (Å²) >= 11 is 1.56. The minimum atomic E-state index is -1.02. The van der Waals surface area contributed by atoms with E-state index in [1.165, 1.54) is 23.4 Å². The summed E-state index contributed by atoms with van der Waals surface area (Å²) in [6, 6.07) is 10.0. The van der Waals surface area contributed by atoms with Crippen molar-refractivity contribution in [2.75, 3.05) is 133 Å². The molecule has 6 aliphatic heterocycles. The molecule has 0 aliphatic carbocycles. The summed E-state index contributed by atoms with van der Waals surface area (Å²) in [6.45, 7) is 24.2. The number of aliphatic hydroxyl groups excluding tert-OH is 1. The zero-order chi connectivity index (χ0) is 67.7. The highest BCUT2D eigenvalue weighted by Gasteiger charge is 2.47. The number of ether oxygens (including phenoxy) is 1. The second-order valence-corrected chi connectivity index (χ2v) is 30.1. The number of rotatable bonds is 26. The zero-order valence-electron chi connectivity index (χ0n) is 56.5. The van der Waals surface area contributed by atoms with E-state index in [1.807, 2.05) is 70.5 Å². The number of carbonyl (C=O) groups excluding carboxylic acids is 6. The lowest BCUT2D eigenvalue weighted by molar-refractivity contribution is -0.144. The molecule has 6 saturated heterocycles. The molecule has 6 amide bonds. The molecule has 8 heterocycles. The van der Waals surface area contributed by atoms with Gasteiger partial charge in [0.05, 0.1) is 65.8 Å². The third kappa shape index (κ3) is 18.8. The first-order valence-corrected chi connectivity index (χ1v) is 34.9. The van der Waals surface area contributed by atoms with Crippen molar-refractivity contribution >= 4 is 64.1 Å². The molecule has 0 unspecified atom stereocenters. The van der Waals surface area contributed by atoms with Crippen molar-refractivity contribution in [3.8, 4) is 10.4 Å². The molecule has 7 N–H and O–H groups in total. The molecule has 26 heteroatoms. The first kappa shape index (κ1) is 70.8. The van der Waals surface area contributed by atoms with Gasteiger partial charge < -0.3 is 61.3 Å². The number of likely N-dealkylation sites (tertiary alicyclic amines) is 4. The molecule has 0 saturated carbocycles. The number of nitrogens with one attached hydrogen (secondary N) is 6. The number of β-amino-alcohol motifs (C(OH)–C–C–N with tert-alkyl or cyclic N) is 1. The Morgan fingerprint density at radius 1 is 0.789 bits per heavy atom. The van der Waals surface area contributed by atoms with Gasteiger partial charge in [0.1, 0.15) is 41.7 Å². The number of piperazine rings is 1. The van der Waals surface area contributed by atoms with E-state index in [2.05, 4.69) is 80.3 Å². The van der Waals surface area contributed by atoms with Gasteiger partial charge in [-0.2, -0.15) is 0 Å². The monoisotopic (exact) mass is 1340 g/mol. The predicted octanol–water partition coefficient (Wildman–Crippen LogP) is 5.38. The van der Waals surface area contributed by atoms with Gasteiger partial charge in [0, 0.05) is 109 Å². The van der Waals surface area contributed by atoms with E-state index < -0.39 is 58.5 Å². The summed E-state index contributed by atoms with van der Waals surface area (Å²) in [5.74, 6) is -1.42. The summed E-state index contributed by atoms with van der Waals surface area (Å²) in [5, 5.41) is 29.0. The highest BCUT2D eigenvalue weighted by Crippen LogP contribution is 2.40. The van der Waals surface area contributed by atoms with Crippen LogP contribution in [0.1, 0.15) is 129 Å². The fourth-order valence-corrected chi connectivity index (χ4v) is 15.1. The van der Waals surface area contributed by atoms with Gasteiger partial charge in [0.15, 0.2) is 0 Å². The van der Waals surface area contributed by atoms with Crippen LogP contribution in [0.3, 0.4) is 0 Å². The lowest BCUT2D eigenvalue weighted by atomic mass is 9.82. The number of benzene rings is 2. The van der Waals surface area contributed by atoms with Crippen LogP contribution in [0.15, 0.2) is 54.3 Å². The highest BCUT2D eigenvalue weighted by atomic mass is 32.1. The second kappa shape index (κ2) is 31.1. The molecule has 4 aromatic rings. The Kier molecular flexibility index (Phi) is 23.1. The number of aliphatic hydroxyl groups is 1. The van der Waals surface area contributed by atoms with E-state index in [0.29, 0.717) is 89.7 Å². The summed E-state index contributed by atoms with van der Waals surface area (Å²) < 4.78 is 37.2. The van der Waals surface area contributed by atoms with Crippen molar-refractivity contribution in [1.82, 2.24) is 61.1 Å². The number of hydrogen-bond acceptors (Lipinski definition) is 18. The van der Waals surface area contributed by atoms with Gasteiger partial charge in [-0.15, -0.1) is 11.3 Å². The van der Waals surface area contributed by atoms with E-state index in [0.717, 1.165) is 99.0 Å². The molecule has 6 fully saturated rings. The van der Waals surface area contributed by atoms with Crippen molar-refractivity contribution in [2.24, 2.45) is 16.2 Å². The maximum absolute atomic E-state index is 15.8. The van der Waals surface area contributed by atoms with E-state index in [1.54, 1.807) is 16.2 Å². The largest absolute Gasteiger partial charge is 0.391 e. The first-order chi connectivity index (χ1) is 45.3. The Labute approximate surface area is 561 Å². The number of hydrogen-bond donors (Lipinski definition) is 7. The predicted molar refractivity (Wildman–Crippen MR) is 361 cm³/mol. The molecule has 2 spiro atoms. The molecule has 5 atom stereocenters. The van der Waals surface area contributed by atoms with Crippen LogP contribution < -0.4 is 41.7 Å². The topological polar surface area (TPSA) is 262 Å². The maximum atomic E-state index is 15.8. The zero-order valence-corrected chi connectivity index (χ0v) is 57.3. The molecule has 0 bridgehead atoms. The SMILES string of the molecule is Cc1ncsc1-c1ccc([C@H](C)NC(=O)[C@@H]2C[C@@H](O)CN2C(=O)[C@@H](NC(=O)CCC(=O)NCCOCCN2CC[C@@]3(CCN(CC(=O)NCCCNc4cc(N5CCC6(CC5)CN(c5cc(F)c(CN7CCC(C)(C)CC7)cc5F)CC(=O)N6)ncn4)C3)C2)C(C)(C)C)cc1. The molecule has 2 aromatic carbocycles. The van der Waals surface area contributed by atoms with E-state index in [9.17, 15) is 33.9 Å². The van der Waals surface area contributed by atoms with Gasteiger partial charge in [-0.25, -0.2) is 23.7 Å². The maximum Gasteiger partial charge on any atom is 0.246 e. The average Bonchev–Trinajstić information content (AvgIpc) is 1.01. The lowest BCUT2D eigenvalue weighted by Crippen LogP contribution is -2.66. The molecule has 10 rings (SSSR count). The summed E-state index contributed by atoms with van der Waals surface area (Å²) in [5.41, 5.74) is 4.18. The molecular formula is C69H99F2N15O8S. The van der Waals surface area contributed by atoms with Crippen LogP contribution in [0.25, 0.3) is 10.4 Å². The number of aromatic nitrogens is 3. The van der Waals surface area contributed by atoms with Crippen LogP contribution in [0, 0.1) is 34.8 Å². The number of thiazole rings is 1. The van der Waals surface area contributed by atoms with Crippen LogP contribution in [0.4, 0.5) is 26.1 Å². The van der Waals surface area contributed by atoms with Gasteiger partial charge in [-0.05, 0) is 118 Å². The summed E-state index contributed by atoms with van der Waals surface area (Å²) in [4.78, 5) is 107. The number of nitrogens with zero attached hydrogens (tertiary/aromatic N) is 9. The Morgan fingerprint density at radius 3 is 2.22 bits per heavy atom. The molecular weight excluding hydrogens is 1240 g/mol. The first-order valence-electron chi connectivity index (χ1n) is 34.0. The molecule has 6 aliphatic rings. The number of anilines is 3. The third-order valence-corrected chi connectivity index (χ3v) is 21.1. The second-order valence-electron chi connectivity index (χ2n) is 29.2. The molecule has 2 aromatic heterocycles. The van der Waals surface area contributed by atoms with Crippen LogP contribution in [-0.2, 0) is 40.0 Å². The quantitative estimate of drug-likeness (QED) is 0.0389. The Hall–Kier alpha value is -6.97.